The van der Waals surface area contributed by atoms with E-state index in [2.05, 4.69) is 120 Å². The first-order valence-electron chi connectivity index (χ1n) is 12.1. The number of thiophene rings is 1. The number of aromatic nitrogens is 2. The van der Waals surface area contributed by atoms with Crippen molar-refractivity contribution in [2.45, 2.75) is 0 Å². The number of hydrogen-bond donors (Lipinski definition) is 0. The average molecular weight is 477 g/mol. The Hall–Kier alpha value is -4.47. The maximum absolute atomic E-state index is 4.87. The van der Waals surface area contributed by atoms with Crippen LogP contribution in [-0.4, -0.2) is 9.55 Å². The Morgan fingerprint density at radius 2 is 1.22 bits per heavy atom. The lowest BCUT2D eigenvalue weighted by molar-refractivity contribution is 1.18. The van der Waals surface area contributed by atoms with Gasteiger partial charge in [-0.05, 0) is 47.5 Å². The third kappa shape index (κ3) is 2.81. The minimum Gasteiger partial charge on any atom is -0.309 e. The lowest BCUT2D eigenvalue weighted by atomic mass is 10.0. The average Bonchev–Trinajstić information content (AvgIpc) is 3.49. The van der Waals surface area contributed by atoms with Crippen LogP contribution in [0.1, 0.15) is 0 Å². The summed E-state index contributed by atoms with van der Waals surface area (Å²) in [6.07, 6.45) is 2.04. The van der Waals surface area contributed by atoms with Crippen LogP contribution in [0.25, 0.3) is 69.7 Å². The van der Waals surface area contributed by atoms with E-state index < -0.39 is 0 Å². The molecule has 0 aliphatic carbocycles. The van der Waals surface area contributed by atoms with Crippen LogP contribution in [0.15, 0.2) is 121 Å². The summed E-state index contributed by atoms with van der Waals surface area (Å²) in [5.41, 5.74) is 7.02. The van der Waals surface area contributed by atoms with Crippen LogP contribution in [0.2, 0.25) is 0 Å². The van der Waals surface area contributed by atoms with Gasteiger partial charge in [0.2, 0.25) is 0 Å². The Labute approximate surface area is 211 Å². The fourth-order valence-electron chi connectivity index (χ4n) is 5.56. The van der Waals surface area contributed by atoms with Gasteiger partial charge in [-0.15, -0.1) is 11.3 Å². The molecule has 0 aliphatic rings. The van der Waals surface area contributed by atoms with Gasteiger partial charge in [0.15, 0.2) is 0 Å². The smallest absolute Gasteiger partial charge is 0.0722 e. The summed E-state index contributed by atoms with van der Waals surface area (Å²) >= 11 is 1.85. The fraction of sp³-hybridized carbons (Fsp3) is 0. The number of hydrogen-bond acceptors (Lipinski definition) is 2. The standard InChI is InChI=1S/C33H20N2S/c1-4-13-30-24(10-1)25-11-2-5-14-31(25)35(30)23-9-7-8-21(18-23)22-16-17-27-29(19-22)34-20-28-26-12-3-6-15-32(26)36-33(27)28/h1-20H. The third-order valence-corrected chi connectivity index (χ3v) is 8.45. The molecule has 0 atom stereocenters. The zero-order valence-electron chi connectivity index (χ0n) is 19.3. The molecule has 8 aromatic rings. The SMILES string of the molecule is c1cc(-c2ccc3c(c2)ncc2c4ccccc4sc32)cc(-n2c3ccccc3c3ccccc32)c1. The number of benzene rings is 5. The predicted molar refractivity (Wildman–Crippen MR) is 154 cm³/mol. The molecule has 0 bridgehead atoms. The quantitative estimate of drug-likeness (QED) is 0.243. The van der Waals surface area contributed by atoms with Gasteiger partial charge in [-0.3, -0.25) is 4.98 Å². The fourth-order valence-corrected chi connectivity index (χ4v) is 6.77. The number of nitrogens with zero attached hydrogens (tertiary/aromatic N) is 2. The summed E-state index contributed by atoms with van der Waals surface area (Å²) < 4.78 is 4.99. The molecular formula is C33H20N2S. The van der Waals surface area contributed by atoms with Gasteiger partial charge in [0.1, 0.15) is 0 Å². The highest BCUT2D eigenvalue weighted by Gasteiger charge is 2.13. The van der Waals surface area contributed by atoms with E-state index in [-0.39, 0.29) is 0 Å². The van der Waals surface area contributed by atoms with E-state index >= 15 is 0 Å². The van der Waals surface area contributed by atoms with Crippen LogP contribution < -0.4 is 0 Å². The summed E-state index contributed by atoms with van der Waals surface area (Å²) in [4.78, 5) is 4.87. The molecule has 36 heavy (non-hydrogen) atoms. The Morgan fingerprint density at radius 3 is 2.03 bits per heavy atom. The highest BCUT2D eigenvalue weighted by Crippen LogP contribution is 2.39. The van der Waals surface area contributed by atoms with Gasteiger partial charge in [-0.1, -0.05) is 78.9 Å². The Bertz CT molecular complexity index is 2060. The van der Waals surface area contributed by atoms with Crippen molar-refractivity contribution in [3.8, 4) is 16.8 Å². The minimum absolute atomic E-state index is 1.04. The van der Waals surface area contributed by atoms with E-state index in [1.54, 1.807) is 0 Å². The van der Waals surface area contributed by atoms with E-state index in [9.17, 15) is 0 Å². The van der Waals surface area contributed by atoms with Gasteiger partial charge in [0.05, 0.1) is 16.6 Å². The van der Waals surface area contributed by atoms with Crippen LogP contribution in [0.5, 0.6) is 0 Å². The maximum Gasteiger partial charge on any atom is 0.0722 e. The van der Waals surface area contributed by atoms with Gasteiger partial charge in [0, 0.05) is 48.2 Å². The van der Waals surface area contributed by atoms with Crippen molar-refractivity contribution in [1.82, 2.24) is 9.55 Å². The normalized spacial score (nSPS) is 11.9. The lowest BCUT2D eigenvalue weighted by Gasteiger charge is -2.11. The highest BCUT2D eigenvalue weighted by atomic mass is 32.1. The maximum atomic E-state index is 4.87. The zero-order valence-corrected chi connectivity index (χ0v) is 20.2. The third-order valence-electron chi connectivity index (χ3n) is 7.23. The molecule has 0 fully saturated rings. The summed E-state index contributed by atoms with van der Waals surface area (Å²) in [6.45, 7) is 0. The zero-order chi connectivity index (χ0) is 23.6. The van der Waals surface area contributed by atoms with Crippen LogP contribution in [0.3, 0.4) is 0 Å². The van der Waals surface area contributed by atoms with Gasteiger partial charge in [-0.25, -0.2) is 0 Å². The van der Waals surface area contributed by atoms with Gasteiger partial charge in [0.25, 0.3) is 0 Å². The van der Waals surface area contributed by atoms with E-state index in [1.807, 2.05) is 17.5 Å². The predicted octanol–water partition coefficient (Wildman–Crippen LogP) is 9.37. The molecule has 0 aliphatic heterocycles. The van der Waals surface area contributed by atoms with Crippen molar-refractivity contribution >= 4 is 64.2 Å². The molecule has 168 valence electrons. The number of pyridine rings is 1. The Kier molecular flexibility index (Phi) is 4.13. The second-order valence-corrected chi connectivity index (χ2v) is 10.3. The number of fused-ring (bicyclic) bond motifs is 8. The summed E-state index contributed by atoms with van der Waals surface area (Å²) in [5, 5.41) is 6.30. The summed E-state index contributed by atoms with van der Waals surface area (Å²) in [5.74, 6) is 0. The van der Waals surface area contributed by atoms with Crippen molar-refractivity contribution < 1.29 is 0 Å². The Balaban J connectivity index is 1.31. The minimum atomic E-state index is 1.04. The van der Waals surface area contributed by atoms with Crippen molar-refractivity contribution in [2.75, 3.05) is 0 Å². The molecule has 3 aromatic heterocycles. The number of para-hydroxylation sites is 2. The van der Waals surface area contributed by atoms with Crippen LogP contribution in [0, 0.1) is 0 Å². The lowest BCUT2D eigenvalue weighted by Crippen LogP contribution is -1.94. The Morgan fingerprint density at radius 1 is 0.528 bits per heavy atom. The molecule has 0 N–H and O–H groups in total. The van der Waals surface area contributed by atoms with Gasteiger partial charge >= 0.3 is 0 Å². The molecule has 3 heteroatoms. The van der Waals surface area contributed by atoms with Crippen molar-refractivity contribution in [1.29, 1.82) is 0 Å². The molecule has 5 aromatic carbocycles. The van der Waals surface area contributed by atoms with Crippen molar-refractivity contribution in [3.63, 3.8) is 0 Å². The van der Waals surface area contributed by atoms with E-state index in [4.69, 9.17) is 4.98 Å². The molecule has 0 radical (unpaired) electrons. The molecule has 8 rings (SSSR count). The van der Waals surface area contributed by atoms with Gasteiger partial charge in [-0.2, -0.15) is 0 Å². The molecule has 2 nitrogen and oxygen atoms in total. The number of rotatable bonds is 2. The first kappa shape index (κ1) is 19.8. The molecule has 0 spiro atoms. The molecule has 3 heterocycles. The highest BCUT2D eigenvalue weighted by molar-refractivity contribution is 7.26. The summed E-state index contributed by atoms with van der Waals surface area (Å²) in [7, 11) is 0. The summed E-state index contributed by atoms with van der Waals surface area (Å²) in [6, 6.07) is 41.4. The van der Waals surface area contributed by atoms with E-state index in [1.165, 1.54) is 58.5 Å². The monoisotopic (exact) mass is 476 g/mol. The topological polar surface area (TPSA) is 17.8 Å². The second kappa shape index (κ2) is 7.51. The van der Waals surface area contributed by atoms with Crippen molar-refractivity contribution in [3.05, 3.63) is 121 Å². The van der Waals surface area contributed by atoms with Crippen LogP contribution >= 0.6 is 11.3 Å². The van der Waals surface area contributed by atoms with Crippen molar-refractivity contribution in [2.24, 2.45) is 0 Å². The van der Waals surface area contributed by atoms with Gasteiger partial charge < -0.3 is 4.57 Å². The second-order valence-electron chi connectivity index (χ2n) is 9.25. The molecule has 0 amide bonds. The van der Waals surface area contributed by atoms with Crippen LogP contribution in [-0.2, 0) is 0 Å². The molecule has 0 unspecified atom stereocenters. The largest absolute Gasteiger partial charge is 0.309 e. The molecule has 0 saturated carbocycles. The van der Waals surface area contributed by atoms with E-state index in [0.29, 0.717) is 0 Å². The first-order valence-corrected chi connectivity index (χ1v) is 13.0. The molecular weight excluding hydrogens is 456 g/mol. The first-order chi connectivity index (χ1) is 17.8. The molecule has 0 saturated heterocycles. The van der Waals surface area contributed by atoms with Crippen LogP contribution in [0.4, 0.5) is 0 Å². The van der Waals surface area contributed by atoms with E-state index in [0.717, 1.165) is 11.2 Å².